The maximum Gasteiger partial charge on any atom is 0.406 e. The summed E-state index contributed by atoms with van der Waals surface area (Å²) in [6, 6.07) is -0.293. The molecule has 0 radical (unpaired) electrons. The van der Waals surface area contributed by atoms with Crippen molar-refractivity contribution >= 4 is 11.6 Å². The summed E-state index contributed by atoms with van der Waals surface area (Å²) in [5.41, 5.74) is 7.37. The summed E-state index contributed by atoms with van der Waals surface area (Å²) >= 11 is 0. The smallest absolute Gasteiger partial charge is 0.396 e. The molecular weight excluding hydrogens is 273 g/mol. The van der Waals surface area contributed by atoms with Crippen LogP contribution in [0.4, 0.5) is 18.9 Å². The monoisotopic (exact) mass is 290 g/mol. The normalized spacial score (nSPS) is 15.4. The number of carbonyl (C=O) groups is 1. The molecule has 1 aliphatic rings. The highest BCUT2D eigenvalue weighted by Gasteiger charge is 2.40. The minimum Gasteiger partial charge on any atom is -0.396 e. The second kappa shape index (κ2) is 4.99. The van der Waals surface area contributed by atoms with Crippen LogP contribution < -0.4 is 5.73 Å². The highest BCUT2D eigenvalue weighted by atomic mass is 19.4. The Morgan fingerprint density at radius 1 is 1.45 bits per heavy atom. The Kier molecular flexibility index (Phi) is 3.66. The van der Waals surface area contributed by atoms with Gasteiger partial charge in [0.1, 0.15) is 13.1 Å². The Labute approximate surface area is 114 Å². The SMILES string of the molecule is Cc1nn(CC(=O)N(CC(F)(F)F)C2CC2)c(C)c1N. The Hall–Kier alpha value is -1.73. The van der Waals surface area contributed by atoms with Gasteiger partial charge in [0.2, 0.25) is 5.91 Å². The van der Waals surface area contributed by atoms with E-state index in [0.29, 0.717) is 29.9 Å². The van der Waals surface area contributed by atoms with E-state index in [1.807, 2.05) is 0 Å². The Bertz CT molecular complexity index is 520. The lowest BCUT2D eigenvalue weighted by molar-refractivity contribution is -0.162. The molecule has 1 saturated carbocycles. The van der Waals surface area contributed by atoms with E-state index in [1.54, 1.807) is 13.8 Å². The molecule has 0 aromatic carbocycles. The minimum absolute atomic E-state index is 0.212. The summed E-state index contributed by atoms with van der Waals surface area (Å²) in [5, 5.41) is 4.07. The van der Waals surface area contributed by atoms with E-state index in [1.165, 1.54) is 4.68 Å². The van der Waals surface area contributed by atoms with E-state index >= 15 is 0 Å². The topological polar surface area (TPSA) is 64.2 Å². The quantitative estimate of drug-likeness (QED) is 0.916. The predicted octanol–water partition coefficient (Wildman–Crippen LogP) is 1.64. The fourth-order valence-corrected chi connectivity index (χ4v) is 2.08. The first-order valence-corrected chi connectivity index (χ1v) is 6.34. The third kappa shape index (κ3) is 3.23. The summed E-state index contributed by atoms with van der Waals surface area (Å²) in [6.07, 6.45) is -3.13. The molecule has 112 valence electrons. The van der Waals surface area contributed by atoms with Crippen LogP contribution in [0.1, 0.15) is 24.2 Å². The molecule has 1 aliphatic carbocycles. The van der Waals surface area contributed by atoms with Gasteiger partial charge in [-0.25, -0.2) is 0 Å². The molecule has 0 unspecified atom stereocenters. The molecular formula is C12H17F3N4O. The predicted molar refractivity (Wildman–Crippen MR) is 66.9 cm³/mol. The summed E-state index contributed by atoms with van der Waals surface area (Å²) in [6.45, 7) is 1.97. The first-order chi connectivity index (χ1) is 9.19. The third-order valence-corrected chi connectivity index (χ3v) is 3.38. The van der Waals surface area contributed by atoms with Crippen molar-refractivity contribution in [1.82, 2.24) is 14.7 Å². The molecule has 1 amide bonds. The first kappa shape index (κ1) is 14.7. The lowest BCUT2D eigenvalue weighted by Gasteiger charge is -2.24. The molecule has 0 aliphatic heterocycles. The van der Waals surface area contributed by atoms with Crippen LogP contribution in [0.15, 0.2) is 0 Å². The molecule has 1 aromatic rings. The number of aromatic nitrogens is 2. The van der Waals surface area contributed by atoms with Crippen LogP contribution >= 0.6 is 0 Å². The Balaban J connectivity index is 2.10. The molecule has 0 bridgehead atoms. The van der Waals surface area contributed by atoms with Crippen molar-refractivity contribution in [2.24, 2.45) is 0 Å². The Morgan fingerprint density at radius 3 is 2.45 bits per heavy atom. The number of nitrogens with zero attached hydrogens (tertiary/aromatic N) is 3. The van der Waals surface area contributed by atoms with Gasteiger partial charge >= 0.3 is 6.18 Å². The zero-order valence-corrected chi connectivity index (χ0v) is 11.4. The van der Waals surface area contributed by atoms with Gasteiger partial charge in [-0.05, 0) is 26.7 Å². The van der Waals surface area contributed by atoms with Gasteiger partial charge in [-0.15, -0.1) is 0 Å². The fraction of sp³-hybridized carbons (Fsp3) is 0.667. The van der Waals surface area contributed by atoms with Crippen molar-refractivity contribution in [2.75, 3.05) is 12.3 Å². The molecule has 2 N–H and O–H groups in total. The van der Waals surface area contributed by atoms with E-state index in [2.05, 4.69) is 5.10 Å². The van der Waals surface area contributed by atoms with Gasteiger partial charge in [-0.2, -0.15) is 18.3 Å². The highest BCUT2D eigenvalue weighted by molar-refractivity contribution is 5.77. The molecule has 20 heavy (non-hydrogen) atoms. The van der Waals surface area contributed by atoms with Gasteiger partial charge in [-0.3, -0.25) is 9.48 Å². The number of nitrogen functional groups attached to an aromatic ring is 1. The van der Waals surface area contributed by atoms with Crippen LogP contribution in [-0.4, -0.2) is 39.4 Å². The summed E-state index contributed by atoms with van der Waals surface area (Å²) < 4.78 is 38.9. The number of rotatable bonds is 4. The number of anilines is 1. The number of carbonyl (C=O) groups excluding carboxylic acids is 1. The van der Waals surface area contributed by atoms with Gasteiger partial charge < -0.3 is 10.6 Å². The van der Waals surface area contributed by atoms with Gasteiger partial charge in [0.15, 0.2) is 0 Å². The van der Waals surface area contributed by atoms with Crippen molar-refractivity contribution in [3.63, 3.8) is 0 Å². The largest absolute Gasteiger partial charge is 0.406 e. The number of amides is 1. The van der Waals surface area contributed by atoms with Crippen LogP contribution in [0.2, 0.25) is 0 Å². The van der Waals surface area contributed by atoms with Crippen molar-refractivity contribution in [3.05, 3.63) is 11.4 Å². The number of aryl methyl sites for hydroxylation is 1. The van der Waals surface area contributed by atoms with Gasteiger partial charge in [-0.1, -0.05) is 0 Å². The van der Waals surface area contributed by atoms with Crippen LogP contribution in [-0.2, 0) is 11.3 Å². The molecule has 5 nitrogen and oxygen atoms in total. The minimum atomic E-state index is -4.38. The van der Waals surface area contributed by atoms with Crippen LogP contribution in [0, 0.1) is 13.8 Å². The van der Waals surface area contributed by atoms with Gasteiger partial charge in [0, 0.05) is 6.04 Å². The molecule has 0 saturated heterocycles. The molecule has 0 atom stereocenters. The zero-order chi connectivity index (χ0) is 15.1. The van der Waals surface area contributed by atoms with E-state index in [4.69, 9.17) is 5.73 Å². The second-order valence-electron chi connectivity index (χ2n) is 5.11. The zero-order valence-electron chi connectivity index (χ0n) is 11.4. The van der Waals surface area contributed by atoms with Crippen molar-refractivity contribution in [3.8, 4) is 0 Å². The number of hydrogen-bond acceptors (Lipinski definition) is 3. The van der Waals surface area contributed by atoms with Crippen molar-refractivity contribution < 1.29 is 18.0 Å². The van der Waals surface area contributed by atoms with Gasteiger partial charge in [0.05, 0.1) is 17.1 Å². The summed E-state index contributed by atoms with van der Waals surface area (Å²) in [5.74, 6) is -0.574. The highest BCUT2D eigenvalue weighted by Crippen LogP contribution is 2.30. The molecule has 0 spiro atoms. The number of hydrogen-bond donors (Lipinski definition) is 1. The summed E-state index contributed by atoms with van der Waals surface area (Å²) in [7, 11) is 0. The second-order valence-corrected chi connectivity index (χ2v) is 5.11. The van der Waals surface area contributed by atoms with Crippen molar-refractivity contribution in [2.45, 2.75) is 45.5 Å². The van der Waals surface area contributed by atoms with Crippen LogP contribution in [0.3, 0.4) is 0 Å². The van der Waals surface area contributed by atoms with Crippen molar-refractivity contribution in [1.29, 1.82) is 0 Å². The van der Waals surface area contributed by atoms with Gasteiger partial charge in [0.25, 0.3) is 0 Å². The standard InChI is InChI=1S/C12H17F3N4O/c1-7-11(16)8(2)19(17-7)5-10(20)18(9-3-4-9)6-12(13,14)15/h9H,3-6,16H2,1-2H3. The maximum absolute atomic E-state index is 12.5. The van der Waals surface area contributed by atoms with E-state index in [0.717, 1.165) is 4.90 Å². The summed E-state index contributed by atoms with van der Waals surface area (Å²) in [4.78, 5) is 13.0. The van der Waals surface area contributed by atoms with Crippen LogP contribution in [0.25, 0.3) is 0 Å². The fourth-order valence-electron chi connectivity index (χ4n) is 2.08. The average Bonchev–Trinajstić information content (AvgIpc) is 3.12. The van der Waals surface area contributed by atoms with Crippen LogP contribution in [0.5, 0.6) is 0 Å². The first-order valence-electron chi connectivity index (χ1n) is 6.34. The molecule has 1 heterocycles. The van der Waals surface area contributed by atoms with E-state index in [9.17, 15) is 18.0 Å². The molecule has 1 aromatic heterocycles. The molecule has 2 rings (SSSR count). The average molecular weight is 290 g/mol. The number of alkyl halides is 3. The number of nitrogens with two attached hydrogens (primary N) is 1. The lowest BCUT2D eigenvalue weighted by atomic mass is 10.3. The Morgan fingerprint density at radius 2 is 2.05 bits per heavy atom. The van der Waals surface area contributed by atoms with E-state index in [-0.39, 0.29) is 12.6 Å². The third-order valence-electron chi connectivity index (χ3n) is 3.38. The molecule has 1 fully saturated rings. The van der Waals surface area contributed by atoms with E-state index < -0.39 is 18.6 Å². The maximum atomic E-state index is 12.5. The lowest BCUT2D eigenvalue weighted by Crippen LogP contribution is -2.42. The number of halogens is 3. The molecule has 8 heteroatoms.